The maximum absolute atomic E-state index is 14.4. The Bertz CT molecular complexity index is 2050. The molecule has 11 nitrogen and oxygen atoms in total. The molecule has 56 heavy (non-hydrogen) atoms. The second kappa shape index (κ2) is 16.1. The number of ether oxygens (including phenoxy) is 3. The number of aryl methyl sites for hydroxylation is 2. The molecule has 0 saturated carbocycles. The number of benzene rings is 2. The van der Waals surface area contributed by atoms with Crippen LogP contribution in [0.3, 0.4) is 0 Å². The maximum Gasteiger partial charge on any atom is 0.408 e. The van der Waals surface area contributed by atoms with E-state index in [1.165, 1.54) is 5.56 Å². The van der Waals surface area contributed by atoms with Crippen molar-refractivity contribution < 1.29 is 23.8 Å². The first kappa shape index (κ1) is 39.7. The summed E-state index contributed by atoms with van der Waals surface area (Å²) < 4.78 is 19.4. The Morgan fingerprint density at radius 3 is 2.46 bits per heavy atom. The molecule has 2 aliphatic heterocycles. The summed E-state index contributed by atoms with van der Waals surface area (Å²) in [5.74, 6) is 0.408. The van der Waals surface area contributed by atoms with Gasteiger partial charge in [0.25, 0.3) is 0 Å². The van der Waals surface area contributed by atoms with Crippen molar-refractivity contribution in [3.63, 3.8) is 0 Å². The number of carbonyl (C=O) groups is 2. The fraction of sp³-hybridized carbons (Fsp3) is 0.500. The monoisotopic (exact) mass is 778 g/mol. The number of rotatable bonds is 12. The van der Waals surface area contributed by atoms with Gasteiger partial charge in [-0.2, -0.15) is 5.10 Å². The molecule has 1 aliphatic carbocycles. The van der Waals surface area contributed by atoms with Crippen LogP contribution in [0.2, 0.25) is 25.7 Å². The number of anilines is 2. The number of pyridine rings is 1. The van der Waals surface area contributed by atoms with E-state index < -0.39 is 25.8 Å². The van der Waals surface area contributed by atoms with Crippen LogP contribution in [-0.4, -0.2) is 78.4 Å². The van der Waals surface area contributed by atoms with Gasteiger partial charge in [-0.3, -0.25) is 4.79 Å². The number of aromatic nitrogens is 3. The Morgan fingerprint density at radius 1 is 1.02 bits per heavy atom. The van der Waals surface area contributed by atoms with Crippen molar-refractivity contribution in [3.05, 3.63) is 83.3 Å². The minimum Gasteiger partial charge on any atom is -0.444 e. The number of alkyl carbamates (subject to hydrolysis) is 1. The second-order valence-electron chi connectivity index (χ2n) is 17.9. The predicted octanol–water partition coefficient (Wildman–Crippen LogP) is 8.47. The van der Waals surface area contributed by atoms with Crippen molar-refractivity contribution in [1.29, 1.82) is 0 Å². The minimum atomic E-state index is -1.18. The molecule has 4 heterocycles. The molecule has 0 unspecified atom stereocenters. The first-order valence-corrected chi connectivity index (χ1v) is 23.8. The molecule has 2 N–H and O–H groups in total. The van der Waals surface area contributed by atoms with Gasteiger partial charge in [0.2, 0.25) is 5.91 Å². The van der Waals surface area contributed by atoms with Crippen molar-refractivity contribution in [2.24, 2.45) is 0 Å². The summed E-state index contributed by atoms with van der Waals surface area (Å²) in [5, 5.41) is 10.9. The Balaban J connectivity index is 1.11. The third kappa shape index (κ3) is 9.19. The van der Waals surface area contributed by atoms with Gasteiger partial charge < -0.3 is 29.7 Å². The van der Waals surface area contributed by atoms with E-state index in [0.29, 0.717) is 18.5 Å². The molecule has 7 rings (SSSR count). The molecule has 4 aromatic rings. The molecular weight excluding hydrogens is 721 g/mol. The van der Waals surface area contributed by atoms with Gasteiger partial charge in [-0.25, -0.2) is 14.5 Å². The van der Waals surface area contributed by atoms with Gasteiger partial charge in [0.15, 0.2) is 0 Å². The molecule has 2 fully saturated rings. The van der Waals surface area contributed by atoms with Gasteiger partial charge in [0.1, 0.15) is 24.2 Å². The Kier molecular flexibility index (Phi) is 11.4. The van der Waals surface area contributed by atoms with Crippen LogP contribution in [0.1, 0.15) is 68.5 Å². The summed E-state index contributed by atoms with van der Waals surface area (Å²) in [4.78, 5) is 34.8. The lowest BCUT2D eigenvalue weighted by molar-refractivity contribution is -0.118. The molecule has 4 atom stereocenters. The molecule has 2 aromatic carbocycles. The number of carbonyl (C=O) groups excluding carboxylic acids is 2. The van der Waals surface area contributed by atoms with Crippen LogP contribution in [0.15, 0.2) is 60.8 Å². The summed E-state index contributed by atoms with van der Waals surface area (Å²) in [7, 11) is -1.18. The number of nitrogens with one attached hydrogen (secondary N) is 2. The van der Waals surface area contributed by atoms with Gasteiger partial charge in [-0.1, -0.05) is 50.0 Å². The smallest absolute Gasteiger partial charge is 0.408 e. The molecule has 2 aromatic heterocycles. The highest BCUT2D eigenvalue weighted by Gasteiger charge is 2.40. The first-order valence-electron chi connectivity index (χ1n) is 20.1. The lowest BCUT2D eigenvalue weighted by Gasteiger charge is -2.33. The van der Waals surface area contributed by atoms with Crippen LogP contribution in [-0.2, 0) is 32.2 Å². The Hall–Kier alpha value is -4.52. The minimum absolute atomic E-state index is 0.262. The van der Waals surface area contributed by atoms with Crippen molar-refractivity contribution in [3.8, 4) is 22.3 Å². The summed E-state index contributed by atoms with van der Waals surface area (Å²) in [6, 6.07) is 19.2. The Labute approximate surface area is 332 Å². The van der Waals surface area contributed by atoms with E-state index in [1.807, 2.05) is 68.9 Å². The van der Waals surface area contributed by atoms with Gasteiger partial charge in [0.05, 0.1) is 24.4 Å². The van der Waals surface area contributed by atoms with Gasteiger partial charge in [-0.15, -0.1) is 0 Å². The summed E-state index contributed by atoms with van der Waals surface area (Å²) in [6.45, 7) is 19.3. The third-order valence-corrected chi connectivity index (χ3v) is 12.9. The van der Waals surface area contributed by atoms with Crippen molar-refractivity contribution >= 4 is 31.6 Å². The SMILES string of the molecule is Cc1nn(COCC[Si](C)(C)C)c(C)c1-c1ccc(NC(=O)[C@@H](NC(=O)OC(C)(C)C)[C@@H]2CCCc3ccc(-c4ccnc(N5C[C@H]6C[C@@H]5CO6)c4)cc32)cc1. The highest BCUT2D eigenvalue weighted by Crippen LogP contribution is 2.39. The highest BCUT2D eigenvalue weighted by molar-refractivity contribution is 6.76. The van der Waals surface area contributed by atoms with E-state index in [2.05, 4.69) is 66.4 Å². The molecule has 3 aliphatic rings. The summed E-state index contributed by atoms with van der Waals surface area (Å²) >= 11 is 0. The maximum atomic E-state index is 14.4. The molecule has 12 heteroatoms. The van der Waals surface area contributed by atoms with Crippen molar-refractivity contribution in [2.45, 2.75) is 122 Å². The normalized spacial score (nSPS) is 19.8. The van der Waals surface area contributed by atoms with Gasteiger partial charge in [-0.05, 0) is 118 Å². The number of nitrogens with zero attached hydrogens (tertiary/aromatic N) is 4. The Morgan fingerprint density at radius 2 is 1.77 bits per heavy atom. The standard InChI is InChI=1S/C44H58N6O5Si/c1-28-40(29(2)50(48-28)27-53-20-21-56(6,7)8)31-14-16-34(17-15-31)46-42(51)41(47-43(52)55-44(3,4)5)37-11-9-10-30-12-13-32(22-38(30)37)33-18-19-45-39(23-33)49-25-36-24-35(49)26-54-36/h12-19,22-23,35-37,41H,9-11,20-21,24-27H2,1-8H3,(H,46,51)(H,47,52)/t35-,36-,37-,41+/m1/s1. The second-order valence-corrected chi connectivity index (χ2v) is 23.5. The number of hydrogen-bond acceptors (Lipinski definition) is 8. The molecule has 0 spiro atoms. The first-order chi connectivity index (χ1) is 26.6. The largest absolute Gasteiger partial charge is 0.444 e. The lowest BCUT2D eigenvalue weighted by atomic mass is 9.77. The van der Waals surface area contributed by atoms with Gasteiger partial charge >= 0.3 is 6.09 Å². The van der Waals surface area contributed by atoms with E-state index in [-0.39, 0.29) is 17.9 Å². The molecular formula is C44H58N6O5Si. The van der Waals surface area contributed by atoms with Crippen molar-refractivity contribution in [2.75, 3.05) is 30.0 Å². The zero-order valence-corrected chi connectivity index (χ0v) is 35.3. The molecule has 2 amide bonds. The molecule has 2 bridgehead atoms. The summed E-state index contributed by atoms with van der Waals surface area (Å²) in [6.07, 6.45) is 5.14. The van der Waals surface area contributed by atoms with E-state index in [9.17, 15) is 9.59 Å². The zero-order valence-electron chi connectivity index (χ0n) is 34.3. The van der Waals surface area contributed by atoms with E-state index in [4.69, 9.17) is 24.3 Å². The molecule has 298 valence electrons. The number of amides is 2. The zero-order chi connectivity index (χ0) is 39.8. The fourth-order valence-electron chi connectivity index (χ4n) is 8.29. The predicted molar refractivity (Wildman–Crippen MR) is 224 cm³/mol. The van der Waals surface area contributed by atoms with Crippen LogP contribution in [0.4, 0.5) is 16.3 Å². The van der Waals surface area contributed by atoms with Crippen molar-refractivity contribution in [1.82, 2.24) is 20.1 Å². The average Bonchev–Trinajstić information content (AvgIpc) is 3.86. The topological polar surface area (TPSA) is 120 Å². The highest BCUT2D eigenvalue weighted by atomic mass is 28.3. The third-order valence-electron chi connectivity index (χ3n) is 11.2. The number of morpholine rings is 1. The summed E-state index contributed by atoms with van der Waals surface area (Å²) in [5.41, 5.74) is 8.32. The quantitative estimate of drug-likeness (QED) is 0.109. The van der Waals surface area contributed by atoms with E-state index >= 15 is 0 Å². The van der Waals surface area contributed by atoms with Crippen LogP contribution < -0.4 is 15.5 Å². The number of hydrogen-bond donors (Lipinski definition) is 2. The fourth-order valence-corrected chi connectivity index (χ4v) is 9.05. The van der Waals surface area contributed by atoms with Crippen LogP contribution in [0.5, 0.6) is 0 Å². The van der Waals surface area contributed by atoms with Gasteiger partial charge in [0, 0.05) is 50.3 Å². The number of fused-ring (bicyclic) bond motifs is 3. The van der Waals surface area contributed by atoms with E-state index in [1.54, 1.807) is 0 Å². The molecule has 0 radical (unpaired) electrons. The van der Waals surface area contributed by atoms with Crippen LogP contribution in [0.25, 0.3) is 22.3 Å². The van der Waals surface area contributed by atoms with Crippen LogP contribution >= 0.6 is 0 Å². The lowest BCUT2D eigenvalue weighted by Crippen LogP contribution is -2.49. The molecule has 2 saturated heterocycles. The average molecular weight is 779 g/mol. The van der Waals surface area contributed by atoms with E-state index in [0.717, 1.165) is 96.5 Å². The van der Waals surface area contributed by atoms with Crippen LogP contribution in [0, 0.1) is 13.8 Å².